The van der Waals surface area contributed by atoms with Crippen LogP contribution in [-0.4, -0.2) is 70.5 Å². The Morgan fingerprint density at radius 1 is 0.962 bits per heavy atom. The van der Waals surface area contributed by atoms with Crippen molar-refractivity contribution >= 4 is 40.2 Å². The summed E-state index contributed by atoms with van der Waals surface area (Å²) in [5, 5.41) is 22.7. The highest BCUT2D eigenvalue weighted by atomic mass is 19.4. The molecule has 0 spiro atoms. The number of carbonyl (C=O) groups is 3. The lowest BCUT2D eigenvalue weighted by atomic mass is 9.82. The number of pyridine rings is 1. The number of aromatic nitrogens is 1. The van der Waals surface area contributed by atoms with E-state index in [4.69, 9.17) is 21.0 Å². The first-order chi connectivity index (χ1) is 24.9. The number of likely N-dealkylation sites (tertiary alicyclic amines) is 1. The fourth-order valence-electron chi connectivity index (χ4n) is 6.85. The monoisotopic (exact) mass is 750 g/mol. The van der Waals surface area contributed by atoms with E-state index in [9.17, 15) is 35.9 Å². The number of nitrogens with zero attached hydrogens (tertiary/aromatic N) is 2. The number of hydrogen-bond donors (Lipinski definition) is 5. The number of amidine groups is 1. The van der Waals surface area contributed by atoms with Crippen LogP contribution in [0.15, 0.2) is 54.7 Å². The van der Waals surface area contributed by atoms with Crippen molar-refractivity contribution in [1.29, 1.82) is 5.41 Å². The van der Waals surface area contributed by atoms with E-state index in [0.29, 0.717) is 18.2 Å². The molecule has 0 radical (unpaired) electrons. The molecule has 6 N–H and O–H groups in total. The van der Waals surface area contributed by atoms with Crippen molar-refractivity contribution in [1.82, 2.24) is 20.5 Å². The number of piperidine rings is 1. The average molecular weight is 751 g/mol. The molecule has 53 heavy (non-hydrogen) atoms. The number of fused-ring (bicyclic) bond motifs is 1. The van der Waals surface area contributed by atoms with Gasteiger partial charge in [-0.1, -0.05) is 55.7 Å². The molecule has 288 valence electrons. The summed E-state index contributed by atoms with van der Waals surface area (Å²) in [6, 6.07) is 11.4. The molecule has 5 rings (SSSR count). The van der Waals surface area contributed by atoms with Crippen LogP contribution in [0.3, 0.4) is 0 Å². The molecule has 2 amide bonds. The Balaban J connectivity index is 0.000000815. The smallest absolute Gasteiger partial charge is 0.475 e. The Hall–Kier alpha value is -4.89. The van der Waals surface area contributed by atoms with Gasteiger partial charge in [0, 0.05) is 31.2 Å². The second-order valence-corrected chi connectivity index (χ2v) is 13.6. The minimum Gasteiger partial charge on any atom is -0.475 e. The Bertz CT molecular complexity index is 1750. The topological polar surface area (TPSA) is 161 Å². The maximum atomic E-state index is 14.2. The molecule has 0 bridgehead atoms. The third-order valence-electron chi connectivity index (χ3n) is 9.83. The molecule has 1 saturated heterocycles. The van der Waals surface area contributed by atoms with Crippen LogP contribution in [0.4, 0.5) is 32.2 Å². The van der Waals surface area contributed by atoms with Crippen LogP contribution in [0.1, 0.15) is 74.5 Å². The number of nitrogens with two attached hydrogens (primary N) is 1. The number of carboxylic acids is 1. The highest BCUT2D eigenvalue weighted by molar-refractivity contribution is 5.92. The van der Waals surface area contributed by atoms with Gasteiger partial charge in [0.15, 0.2) is 0 Å². The van der Waals surface area contributed by atoms with Gasteiger partial charge in [0.25, 0.3) is 0 Å². The highest BCUT2D eigenvalue weighted by Gasteiger charge is 2.38. The normalized spacial score (nSPS) is 16.9. The third-order valence-corrected chi connectivity index (χ3v) is 9.83. The number of hydrogen-bond acceptors (Lipinski definition) is 6. The molecule has 1 aromatic heterocycles. The molecular weight excluding hydrogens is 706 g/mol. The largest absolute Gasteiger partial charge is 0.490 e. The zero-order chi connectivity index (χ0) is 38.9. The number of carbonyl (C=O) groups excluding carboxylic acids is 2. The molecule has 16 heteroatoms. The molecule has 1 saturated carbocycles. The molecule has 1 unspecified atom stereocenters. The number of nitrogens with one attached hydrogen (secondary N) is 3. The number of carboxylic acid groups (broad SMARTS) is 1. The molecule has 3 aromatic rings. The molecule has 10 nitrogen and oxygen atoms in total. The lowest BCUT2D eigenvalue weighted by Crippen LogP contribution is -2.53. The van der Waals surface area contributed by atoms with Crippen molar-refractivity contribution in [3.63, 3.8) is 0 Å². The van der Waals surface area contributed by atoms with Crippen molar-refractivity contribution in [2.75, 3.05) is 25.4 Å². The SMILES string of the molecule is CC(=N)N1CCC(CNC(=O)[C@@H](NC(=O)C(Cc2ccc3c(N)nccc3c2)c2cccc(C(F)(F)F)c2)C2CCCCC2)CC1.O=C(O)C(F)(F)F. The number of aliphatic carboxylic acids is 1. The van der Waals surface area contributed by atoms with Gasteiger partial charge in [-0.15, -0.1) is 0 Å². The number of nitrogen functional groups attached to an aromatic ring is 1. The highest BCUT2D eigenvalue weighted by Crippen LogP contribution is 2.34. The predicted molar refractivity (Wildman–Crippen MR) is 187 cm³/mol. The number of amides is 2. The molecule has 2 atom stereocenters. The van der Waals surface area contributed by atoms with Crippen LogP contribution in [0.2, 0.25) is 0 Å². The number of anilines is 1. The van der Waals surface area contributed by atoms with Gasteiger partial charge in [-0.2, -0.15) is 26.3 Å². The van der Waals surface area contributed by atoms with Gasteiger partial charge in [-0.3, -0.25) is 15.0 Å². The van der Waals surface area contributed by atoms with Gasteiger partial charge < -0.3 is 26.4 Å². The summed E-state index contributed by atoms with van der Waals surface area (Å²) in [6.07, 6.45) is -1.63. The Morgan fingerprint density at radius 3 is 2.23 bits per heavy atom. The summed E-state index contributed by atoms with van der Waals surface area (Å²) in [4.78, 5) is 42.9. The van der Waals surface area contributed by atoms with E-state index in [0.717, 1.165) is 86.5 Å². The molecule has 2 aliphatic rings. The van der Waals surface area contributed by atoms with Crippen LogP contribution in [0.25, 0.3) is 10.8 Å². The Labute approximate surface area is 303 Å². The zero-order valence-electron chi connectivity index (χ0n) is 29.2. The van der Waals surface area contributed by atoms with Crippen molar-refractivity contribution in [2.24, 2.45) is 11.8 Å². The summed E-state index contributed by atoms with van der Waals surface area (Å²) >= 11 is 0. The van der Waals surface area contributed by atoms with Gasteiger partial charge in [-0.25, -0.2) is 9.78 Å². The summed E-state index contributed by atoms with van der Waals surface area (Å²) < 4.78 is 73.0. The fourth-order valence-corrected chi connectivity index (χ4v) is 6.85. The summed E-state index contributed by atoms with van der Waals surface area (Å²) in [5.41, 5.74) is 6.18. The zero-order valence-corrected chi connectivity index (χ0v) is 29.2. The first kappa shape index (κ1) is 40.9. The third kappa shape index (κ3) is 11.5. The fraction of sp³-hybridized carbons (Fsp3) is 0.486. The predicted octanol–water partition coefficient (Wildman–Crippen LogP) is 6.69. The van der Waals surface area contributed by atoms with E-state index in [-0.39, 0.29) is 29.7 Å². The van der Waals surface area contributed by atoms with Crippen LogP contribution in [0.5, 0.6) is 0 Å². The molecule has 2 fully saturated rings. The lowest BCUT2D eigenvalue weighted by Gasteiger charge is -2.34. The van der Waals surface area contributed by atoms with E-state index >= 15 is 0 Å². The van der Waals surface area contributed by atoms with Gasteiger partial charge >= 0.3 is 18.3 Å². The average Bonchev–Trinajstić information content (AvgIpc) is 3.12. The first-order valence-corrected chi connectivity index (χ1v) is 17.4. The molecule has 1 aliphatic heterocycles. The number of halogens is 6. The Morgan fingerprint density at radius 2 is 1.62 bits per heavy atom. The van der Waals surface area contributed by atoms with Crippen LogP contribution >= 0.6 is 0 Å². The number of benzene rings is 2. The molecule has 1 aliphatic carbocycles. The number of alkyl halides is 6. The van der Waals surface area contributed by atoms with Crippen molar-refractivity contribution in [3.8, 4) is 0 Å². The maximum Gasteiger partial charge on any atom is 0.490 e. The van der Waals surface area contributed by atoms with E-state index in [1.807, 2.05) is 17.0 Å². The van der Waals surface area contributed by atoms with Crippen LogP contribution in [-0.2, 0) is 27.0 Å². The van der Waals surface area contributed by atoms with Crippen molar-refractivity contribution in [2.45, 2.75) is 82.6 Å². The summed E-state index contributed by atoms with van der Waals surface area (Å²) in [5.74, 6) is -3.32. The van der Waals surface area contributed by atoms with E-state index in [2.05, 4.69) is 15.6 Å². The minimum absolute atomic E-state index is 0.0570. The van der Waals surface area contributed by atoms with Gasteiger partial charge in [-0.05, 0) is 79.5 Å². The van der Waals surface area contributed by atoms with Crippen molar-refractivity contribution in [3.05, 3.63) is 71.4 Å². The summed E-state index contributed by atoms with van der Waals surface area (Å²) in [6.45, 7) is 3.80. The maximum absolute atomic E-state index is 14.2. The van der Waals surface area contributed by atoms with Gasteiger partial charge in [0.1, 0.15) is 11.9 Å². The second kappa shape index (κ2) is 17.8. The van der Waals surface area contributed by atoms with Crippen molar-refractivity contribution < 1.29 is 45.8 Å². The van der Waals surface area contributed by atoms with Gasteiger partial charge in [0.2, 0.25) is 11.8 Å². The Kier molecular flexibility index (Phi) is 13.7. The van der Waals surface area contributed by atoms with Crippen LogP contribution in [0, 0.1) is 17.2 Å². The standard InChI is InChI=1S/C35H43F3N6O2.C2HF3O2/c1-22(39)44-16-13-23(14-17-44)21-42-34(46)31(25-6-3-2-4-7-25)43-33(45)30(26-8-5-9-28(20-26)35(36,37)38)19-24-10-11-29-27(18-24)12-15-41-32(29)40;3-2(4,5)1(6)7/h5,8-12,15,18,20,23,25,30-31,39H,2-4,6-7,13-14,16-17,19,21H2,1H3,(H2,40,41)(H,42,46)(H,43,45);(H,6,7)/t30?,31-;/m0./s1. The second-order valence-electron chi connectivity index (χ2n) is 13.6. The molecular formula is C37H44F6N6O4. The quantitative estimate of drug-likeness (QED) is 0.0926. The van der Waals surface area contributed by atoms with Crippen LogP contribution < -0.4 is 16.4 Å². The molecule has 2 aromatic carbocycles. The lowest BCUT2D eigenvalue weighted by molar-refractivity contribution is -0.192. The minimum atomic E-state index is -5.08. The first-order valence-electron chi connectivity index (χ1n) is 17.4. The molecule has 2 heterocycles. The summed E-state index contributed by atoms with van der Waals surface area (Å²) in [7, 11) is 0. The van der Waals surface area contributed by atoms with E-state index in [1.165, 1.54) is 6.07 Å². The van der Waals surface area contributed by atoms with Gasteiger partial charge in [0.05, 0.1) is 17.3 Å². The van der Waals surface area contributed by atoms with E-state index in [1.54, 1.807) is 31.3 Å². The van der Waals surface area contributed by atoms with E-state index < -0.39 is 41.8 Å². The number of rotatable bonds is 9.